The molecule has 1 aromatic carbocycles. The lowest BCUT2D eigenvalue weighted by Gasteiger charge is -2.35. The first-order valence-corrected chi connectivity index (χ1v) is 8.41. The molecule has 2 amide bonds. The summed E-state index contributed by atoms with van der Waals surface area (Å²) in [7, 11) is 1.72. The van der Waals surface area contributed by atoms with Crippen LogP contribution in [0.1, 0.15) is 37.8 Å². The molecule has 0 radical (unpaired) electrons. The third-order valence-electron chi connectivity index (χ3n) is 4.51. The number of amides is 2. The summed E-state index contributed by atoms with van der Waals surface area (Å²) in [6.45, 7) is 5.58. The van der Waals surface area contributed by atoms with Crippen molar-refractivity contribution in [3.05, 3.63) is 29.3 Å². The van der Waals surface area contributed by atoms with Gasteiger partial charge in [0.05, 0.1) is 12.1 Å². The van der Waals surface area contributed by atoms with Gasteiger partial charge in [0.2, 0.25) is 0 Å². The molecule has 0 atom stereocenters. The average Bonchev–Trinajstić information content (AvgIpc) is 2.54. The predicted octanol–water partition coefficient (Wildman–Crippen LogP) is 2.82. The number of aliphatic hydroxyl groups is 1. The molecule has 1 heterocycles. The van der Waals surface area contributed by atoms with E-state index in [0.29, 0.717) is 32.6 Å². The molecule has 0 bridgehead atoms. The number of ether oxygens (including phenoxy) is 1. The Hall–Kier alpha value is -1.59. The summed E-state index contributed by atoms with van der Waals surface area (Å²) in [5.74, 6) is 0. The number of nitrogens with one attached hydrogen (secondary N) is 1. The van der Waals surface area contributed by atoms with Crippen molar-refractivity contribution in [2.24, 2.45) is 0 Å². The molecule has 0 aromatic heterocycles. The molecule has 1 aliphatic heterocycles. The first-order valence-electron chi connectivity index (χ1n) is 8.41. The van der Waals surface area contributed by atoms with Crippen LogP contribution in [0.3, 0.4) is 0 Å². The van der Waals surface area contributed by atoms with E-state index >= 15 is 0 Å². The Labute approximate surface area is 138 Å². The van der Waals surface area contributed by atoms with E-state index in [1.54, 1.807) is 11.9 Å². The van der Waals surface area contributed by atoms with E-state index in [0.717, 1.165) is 24.1 Å². The van der Waals surface area contributed by atoms with Crippen LogP contribution in [0.25, 0.3) is 0 Å². The van der Waals surface area contributed by atoms with E-state index in [2.05, 4.69) is 31.3 Å². The summed E-state index contributed by atoms with van der Waals surface area (Å²) in [4.78, 5) is 14.0. The Bertz CT molecular complexity index is 539. The summed E-state index contributed by atoms with van der Waals surface area (Å²) < 4.78 is 5.28. The molecule has 1 aromatic rings. The SMILES string of the molecule is CCc1ccc(CC)c(NC(=O)N(C)CC2(O)CCOCC2)c1. The minimum absolute atomic E-state index is 0.187. The average molecular weight is 320 g/mol. The van der Waals surface area contributed by atoms with Crippen LogP contribution in [0.5, 0.6) is 0 Å². The smallest absolute Gasteiger partial charge is 0.321 e. The highest BCUT2D eigenvalue weighted by atomic mass is 16.5. The molecule has 1 fully saturated rings. The molecule has 0 aliphatic carbocycles. The van der Waals surface area contributed by atoms with Crippen LogP contribution < -0.4 is 5.32 Å². The number of carbonyl (C=O) groups is 1. The monoisotopic (exact) mass is 320 g/mol. The Morgan fingerprint density at radius 3 is 2.61 bits per heavy atom. The first kappa shape index (κ1) is 17.8. The largest absolute Gasteiger partial charge is 0.388 e. The van der Waals surface area contributed by atoms with Crippen molar-refractivity contribution in [1.82, 2.24) is 4.90 Å². The van der Waals surface area contributed by atoms with Crippen LogP contribution in [0.4, 0.5) is 10.5 Å². The molecule has 0 saturated carbocycles. The van der Waals surface area contributed by atoms with E-state index in [1.807, 2.05) is 6.07 Å². The van der Waals surface area contributed by atoms with Crippen LogP contribution >= 0.6 is 0 Å². The fourth-order valence-electron chi connectivity index (χ4n) is 2.90. The molecule has 0 unspecified atom stereocenters. The van der Waals surface area contributed by atoms with E-state index in [4.69, 9.17) is 4.74 Å². The molecular weight excluding hydrogens is 292 g/mol. The Morgan fingerprint density at radius 1 is 1.30 bits per heavy atom. The maximum Gasteiger partial charge on any atom is 0.321 e. The highest BCUT2D eigenvalue weighted by Gasteiger charge is 2.32. The number of hydrogen-bond donors (Lipinski definition) is 2. The van der Waals surface area contributed by atoms with Crippen molar-refractivity contribution < 1.29 is 14.6 Å². The van der Waals surface area contributed by atoms with Gasteiger partial charge in [0.1, 0.15) is 0 Å². The van der Waals surface area contributed by atoms with Gasteiger partial charge in [-0.15, -0.1) is 0 Å². The summed E-state index contributed by atoms with van der Waals surface area (Å²) in [5.41, 5.74) is 2.34. The van der Waals surface area contributed by atoms with Gasteiger partial charge < -0.3 is 20.1 Å². The minimum atomic E-state index is -0.844. The number of hydrogen-bond acceptors (Lipinski definition) is 3. The quantitative estimate of drug-likeness (QED) is 0.877. The molecule has 5 nitrogen and oxygen atoms in total. The minimum Gasteiger partial charge on any atom is -0.388 e. The molecule has 2 rings (SSSR count). The number of rotatable bonds is 5. The fraction of sp³-hybridized carbons (Fsp3) is 0.611. The lowest BCUT2D eigenvalue weighted by atomic mass is 9.94. The molecule has 2 N–H and O–H groups in total. The lowest BCUT2D eigenvalue weighted by Crippen LogP contribution is -2.48. The zero-order valence-electron chi connectivity index (χ0n) is 14.4. The lowest BCUT2D eigenvalue weighted by molar-refractivity contribution is -0.0717. The van der Waals surface area contributed by atoms with Crippen molar-refractivity contribution in [2.75, 3.05) is 32.1 Å². The number of likely N-dealkylation sites (N-methyl/N-ethyl adjacent to an activating group) is 1. The van der Waals surface area contributed by atoms with Gasteiger partial charge in [0.25, 0.3) is 0 Å². The molecule has 128 valence electrons. The van der Waals surface area contributed by atoms with Gasteiger partial charge in [-0.1, -0.05) is 26.0 Å². The maximum atomic E-state index is 12.5. The van der Waals surface area contributed by atoms with E-state index < -0.39 is 5.60 Å². The van der Waals surface area contributed by atoms with Crippen LogP contribution in [0.15, 0.2) is 18.2 Å². The van der Waals surface area contributed by atoms with Crippen LogP contribution in [-0.2, 0) is 17.6 Å². The highest BCUT2D eigenvalue weighted by Crippen LogP contribution is 2.23. The summed E-state index contributed by atoms with van der Waals surface area (Å²) in [6.07, 6.45) is 2.93. The van der Waals surface area contributed by atoms with Crippen molar-refractivity contribution in [2.45, 2.75) is 45.1 Å². The zero-order valence-corrected chi connectivity index (χ0v) is 14.4. The normalized spacial score (nSPS) is 16.9. The van der Waals surface area contributed by atoms with Gasteiger partial charge in [0, 0.05) is 38.8 Å². The number of anilines is 1. The van der Waals surface area contributed by atoms with Gasteiger partial charge in [-0.25, -0.2) is 4.79 Å². The number of urea groups is 1. The fourth-order valence-corrected chi connectivity index (χ4v) is 2.90. The second-order valence-corrected chi connectivity index (χ2v) is 6.32. The summed E-state index contributed by atoms with van der Waals surface area (Å²) >= 11 is 0. The third kappa shape index (κ3) is 4.69. The van der Waals surface area contributed by atoms with Crippen molar-refractivity contribution in [3.63, 3.8) is 0 Å². The predicted molar refractivity (Wildman–Crippen MR) is 91.8 cm³/mol. The van der Waals surface area contributed by atoms with E-state index in [1.165, 1.54) is 5.56 Å². The van der Waals surface area contributed by atoms with Crippen molar-refractivity contribution >= 4 is 11.7 Å². The Morgan fingerprint density at radius 2 is 2.00 bits per heavy atom. The molecular formula is C18H28N2O3. The first-order chi connectivity index (χ1) is 11.0. The Balaban J connectivity index is 2.03. The van der Waals surface area contributed by atoms with Gasteiger partial charge in [0.15, 0.2) is 0 Å². The highest BCUT2D eigenvalue weighted by molar-refractivity contribution is 5.90. The third-order valence-corrected chi connectivity index (χ3v) is 4.51. The van der Waals surface area contributed by atoms with Crippen LogP contribution in [0, 0.1) is 0 Å². The van der Waals surface area contributed by atoms with Gasteiger partial charge >= 0.3 is 6.03 Å². The topological polar surface area (TPSA) is 61.8 Å². The number of aryl methyl sites for hydroxylation is 2. The van der Waals surface area contributed by atoms with Gasteiger partial charge in [-0.05, 0) is 30.0 Å². The van der Waals surface area contributed by atoms with E-state index in [-0.39, 0.29) is 6.03 Å². The van der Waals surface area contributed by atoms with Gasteiger partial charge in [-0.3, -0.25) is 0 Å². The second-order valence-electron chi connectivity index (χ2n) is 6.32. The summed E-state index contributed by atoms with van der Waals surface area (Å²) in [5, 5.41) is 13.5. The number of carbonyl (C=O) groups excluding carboxylic acids is 1. The number of nitrogens with zero attached hydrogens (tertiary/aromatic N) is 1. The molecule has 1 aliphatic rings. The van der Waals surface area contributed by atoms with Gasteiger partial charge in [-0.2, -0.15) is 0 Å². The molecule has 1 saturated heterocycles. The Kier molecular flexibility index (Phi) is 6.02. The second kappa shape index (κ2) is 7.79. The van der Waals surface area contributed by atoms with Crippen molar-refractivity contribution in [3.8, 4) is 0 Å². The van der Waals surface area contributed by atoms with Crippen LogP contribution in [0.2, 0.25) is 0 Å². The summed E-state index contributed by atoms with van der Waals surface area (Å²) in [6, 6.07) is 6.02. The number of benzene rings is 1. The maximum absolute atomic E-state index is 12.5. The van der Waals surface area contributed by atoms with E-state index in [9.17, 15) is 9.90 Å². The molecule has 0 spiro atoms. The molecule has 23 heavy (non-hydrogen) atoms. The standard InChI is InChI=1S/C18H28N2O3/c1-4-14-6-7-15(5-2)16(12-14)19-17(21)20(3)13-18(22)8-10-23-11-9-18/h6-7,12,22H,4-5,8-11,13H2,1-3H3,(H,19,21). The van der Waals surface area contributed by atoms with Crippen molar-refractivity contribution in [1.29, 1.82) is 0 Å². The molecule has 5 heteroatoms. The zero-order chi connectivity index (χ0) is 16.9. The van der Waals surface area contributed by atoms with Crippen LogP contribution in [-0.4, -0.2) is 48.4 Å².